The Balaban J connectivity index is 4.12. The van der Waals surface area contributed by atoms with E-state index in [1.807, 2.05) is 0 Å². The lowest BCUT2D eigenvalue weighted by molar-refractivity contribution is -0.928. The number of rotatable bonds is 15. The van der Waals surface area contributed by atoms with E-state index < -0.39 is 0 Å². The Labute approximate surface area is 129 Å². The van der Waals surface area contributed by atoms with Crippen LogP contribution in [0, 0.1) is 0 Å². The van der Waals surface area contributed by atoms with Gasteiger partial charge in [-0.05, 0) is 38.5 Å². The van der Waals surface area contributed by atoms with Gasteiger partial charge in [0.15, 0.2) is 0 Å². The molecule has 122 valence electrons. The highest BCUT2D eigenvalue weighted by Gasteiger charge is 2.24. The molecule has 0 aromatic rings. The zero-order valence-corrected chi connectivity index (χ0v) is 15.1. The van der Waals surface area contributed by atoms with Crippen molar-refractivity contribution in [2.45, 2.75) is 98.3 Å². The second-order valence-electron chi connectivity index (χ2n) is 6.71. The van der Waals surface area contributed by atoms with Crippen LogP contribution in [0.4, 0.5) is 0 Å². The highest BCUT2D eigenvalue weighted by Crippen LogP contribution is 2.16. The molecule has 0 saturated heterocycles. The molecule has 0 spiro atoms. The van der Waals surface area contributed by atoms with Crippen molar-refractivity contribution in [2.75, 3.05) is 26.2 Å². The molecule has 0 amide bonds. The Hall–Kier alpha value is -0.0400. The number of quaternary nitrogens is 1. The maximum atomic E-state index is 2.36. The lowest BCUT2D eigenvalue weighted by Gasteiger charge is -2.39. The first-order valence-corrected chi connectivity index (χ1v) is 9.59. The topological polar surface area (TPSA) is 0 Å². The minimum atomic E-state index is 1.35. The van der Waals surface area contributed by atoms with E-state index in [1.165, 1.54) is 101 Å². The maximum Gasteiger partial charge on any atom is 0.0786 e. The molecule has 20 heavy (non-hydrogen) atoms. The zero-order chi connectivity index (χ0) is 15.1. The lowest BCUT2D eigenvalue weighted by atomic mass is 10.1. The number of hydrogen-bond donors (Lipinski definition) is 0. The molecule has 0 heterocycles. The summed E-state index contributed by atoms with van der Waals surface area (Å²) in [4.78, 5) is 0. The lowest BCUT2D eigenvalue weighted by Crippen LogP contribution is -2.50. The van der Waals surface area contributed by atoms with E-state index >= 15 is 0 Å². The van der Waals surface area contributed by atoms with E-state index in [-0.39, 0.29) is 0 Å². The van der Waals surface area contributed by atoms with Crippen LogP contribution in [-0.4, -0.2) is 30.7 Å². The number of unbranched alkanes of at least 4 members (excludes halogenated alkanes) is 7. The van der Waals surface area contributed by atoms with Crippen LogP contribution in [0.25, 0.3) is 0 Å². The average Bonchev–Trinajstić information content (AvgIpc) is 2.44. The van der Waals surface area contributed by atoms with Gasteiger partial charge in [0.1, 0.15) is 0 Å². The third-order valence-corrected chi connectivity index (χ3v) is 4.62. The van der Waals surface area contributed by atoms with Gasteiger partial charge in [0.25, 0.3) is 0 Å². The molecule has 0 fully saturated rings. The van der Waals surface area contributed by atoms with Gasteiger partial charge in [0.2, 0.25) is 0 Å². The quantitative estimate of drug-likeness (QED) is 0.249. The first-order valence-electron chi connectivity index (χ1n) is 9.59. The van der Waals surface area contributed by atoms with Crippen LogP contribution >= 0.6 is 0 Å². The number of nitrogens with zero attached hydrogens (tertiary/aromatic N) is 1. The van der Waals surface area contributed by atoms with Gasteiger partial charge < -0.3 is 4.48 Å². The van der Waals surface area contributed by atoms with Crippen molar-refractivity contribution in [1.82, 2.24) is 0 Å². The summed E-state index contributed by atoms with van der Waals surface area (Å²) in [7, 11) is 0. The second-order valence-corrected chi connectivity index (χ2v) is 6.71. The summed E-state index contributed by atoms with van der Waals surface area (Å²) in [6.07, 6.45) is 15.5. The molecule has 0 unspecified atom stereocenters. The van der Waals surface area contributed by atoms with E-state index in [0.717, 1.165) is 0 Å². The first kappa shape index (κ1) is 20.0. The second kappa shape index (κ2) is 13.9. The summed E-state index contributed by atoms with van der Waals surface area (Å²) in [6.45, 7) is 15.1. The van der Waals surface area contributed by atoms with Gasteiger partial charge in [0, 0.05) is 0 Å². The van der Waals surface area contributed by atoms with Crippen LogP contribution in [0.3, 0.4) is 0 Å². The third kappa shape index (κ3) is 9.80. The fourth-order valence-electron chi connectivity index (χ4n) is 3.54. The molecule has 0 aliphatic carbocycles. The fourth-order valence-corrected chi connectivity index (χ4v) is 3.54. The van der Waals surface area contributed by atoms with Crippen molar-refractivity contribution in [1.29, 1.82) is 0 Å². The molecule has 0 bridgehead atoms. The molecule has 0 aliphatic heterocycles. The Kier molecular flexibility index (Phi) is 13.9. The summed E-state index contributed by atoms with van der Waals surface area (Å²) in [6, 6.07) is 0. The van der Waals surface area contributed by atoms with Gasteiger partial charge in [-0.15, -0.1) is 0 Å². The molecular formula is C19H42N+. The van der Waals surface area contributed by atoms with E-state index in [9.17, 15) is 0 Å². The van der Waals surface area contributed by atoms with Gasteiger partial charge >= 0.3 is 0 Å². The fraction of sp³-hybridized carbons (Fsp3) is 1.00. The van der Waals surface area contributed by atoms with Crippen LogP contribution in [0.1, 0.15) is 98.3 Å². The molecule has 0 rings (SSSR count). The van der Waals surface area contributed by atoms with Crippen molar-refractivity contribution in [3.8, 4) is 0 Å². The third-order valence-electron chi connectivity index (χ3n) is 4.62. The molecule has 0 radical (unpaired) electrons. The van der Waals surface area contributed by atoms with E-state index in [0.29, 0.717) is 0 Å². The minimum Gasteiger partial charge on any atom is -0.324 e. The molecule has 0 atom stereocenters. The van der Waals surface area contributed by atoms with Crippen molar-refractivity contribution >= 4 is 0 Å². The van der Waals surface area contributed by atoms with Gasteiger partial charge in [-0.3, -0.25) is 0 Å². The zero-order valence-electron chi connectivity index (χ0n) is 15.1. The summed E-state index contributed by atoms with van der Waals surface area (Å²) in [5.41, 5.74) is 0. The highest BCUT2D eigenvalue weighted by molar-refractivity contribution is 4.50. The number of hydrogen-bond acceptors (Lipinski definition) is 0. The molecule has 0 aliphatic rings. The van der Waals surface area contributed by atoms with Gasteiger partial charge in [-0.1, -0.05) is 59.8 Å². The highest BCUT2D eigenvalue weighted by atomic mass is 15.3. The van der Waals surface area contributed by atoms with Gasteiger partial charge in [-0.25, -0.2) is 0 Å². The van der Waals surface area contributed by atoms with E-state index in [4.69, 9.17) is 0 Å². The Morgan fingerprint density at radius 1 is 0.400 bits per heavy atom. The molecular weight excluding hydrogens is 242 g/mol. The predicted octanol–water partition coefficient (Wildman–Crippen LogP) is 6.17. The van der Waals surface area contributed by atoms with Crippen LogP contribution in [0.2, 0.25) is 0 Å². The summed E-state index contributed by atoms with van der Waals surface area (Å²) in [5.74, 6) is 0. The van der Waals surface area contributed by atoms with Crippen molar-refractivity contribution in [2.24, 2.45) is 0 Å². The molecule has 0 saturated carbocycles. The maximum absolute atomic E-state index is 2.36. The predicted molar refractivity (Wildman–Crippen MR) is 93.2 cm³/mol. The van der Waals surface area contributed by atoms with Crippen LogP contribution in [-0.2, 0) is 0 Å². The Morgan fingerprint density at radius 3 is 1.30 bits per heavy atom. The molecule has 1 nitrogen and oxygen atoms in total. The van der Waals surface area contributed by atoms with Crippen LogP contribution < -0.4 is 0 Å². The van der Waals surface area contributed by atoms with Crippen molar-refractivity contribution < 1.29 is 4.48 Å². The Bertz CT molecular complexity index is 182. The SMILES string of the molecule is CCCCCCCC[N+](CCC)(CCC)CCCCC. The Morgan fingerprint density at radius 2 is 0.800 bits per heavy atom. The monoisotopic (exact) mass is 284 g/mol. The molecule has 0 N–H and O–H groups in total. The molecule has 0 aromatic carbocycles. The summed E-state index contributed by atoms with van der Waals surface area (Å²) < 4.78 is 1.42. The minimum absolute atomic E-state index is 1.35. The van der Waals surface area contributed by atoms with Gasteiger partial charge in [-0.2, -0.15) is 0 Å². The molecule has 1 heteroatoms. The average molecular weight is 285 g/mol. The van der Waals surface area contributed by atoms with E-state index in [2.05, 4.69) is 27.7 Å². The van der Waals surface area contributed by atoms with Gasteiger partial charge in [0.05, 0.1) is 26.2 Å². The van der Waals surface area contributed by atoms with Crippen LogP contribution in [0.15, 0.2) is 0 Å². The van der Waals surface area contributed by atoms with E-state index in [1.54, 1.807) is 0 Å². The normalized spacial score (nSPS) is 12.0. The van der Waals surface area contributed by atoms with Crippen LogP contribution in [0.5, 0.6) is 0 Å². The summed E-state index contributed by atoms with van der Waals surface area (Å²) in [5, 5.41) is 0. The largest absolute Gasteiger partial charge is 0.324 e. The summed E-state index contributed by atoms with van der Waals surface area (Å²) >= 11 is 0. The van der Waals surface area contributed by atoms with Crippen molar-refractivity contribution in [3.05, 3.63) is 0 Å². The molecule has 0 aromatic heterocycles. The standard InChI is InChI=1S/C19H42N/c1-5-9-11-12-13-15-19-20(16-7-3,17-8-4)18-14-10-6-2/h5-19H2,1-4H3/q+1. The van der Waals surface area contributed by atoms with Crippen molar-refractivity contribution in [3.63, 3.8) is 0 Å². The smallest absolute Gasteiger partial charge is 0.0786 e. The first-order chi connectivity index (χ1) is 9.74.